The molecule has 7 nitrogen and oxygen atoms in total. The molecule has 3 rings (SSSR count). The van der Waals surface area contributed by atoms with Gasteiger partial charge in [0.2, 0.25) is 17.6 Å². The average molecular weight is 360 g/mol. The first kappa shape index (κ1) is 18.1. The average Bonchev–Trinajstić information content (AvgIpc) is 3.42. The van der Waals surface area contributed by atoms with E-state index in [0.717, 1.165) is 18.4 Å². The first-order valence-corrected chi connectivity index (χ1v) is 8.63. The van der Waals surface area contributed by atoms with Gasteiger partial charge in [-0.15, -0.1) is 0 Å². The second-order valence-electron chi connectivity index (χ2n) is 6.48. The van der Waals surface area contributed by atoms with E-state index in [9.17, 15) is 9.59 Å². The topological polar surface area (TPSA) is 77.1 Å². The summed E-state index contributed by atoms with van der Waals surface area (Å²) in [5, 5.41) is 2.90. The Bertz CT molecular complexity index is 702. The molecule has 1 aliphatic carbocycles. The molecular formula is C19H24N2O5. The molecule has 26 heavy (non-hydrogen) atoms. The number of rotatable bonds is 7. The number of amides is 2. The lowest BCUT2D eigenvalue weighted by Gasteiger charge is -2.15. The molecule has 1 saturated heterocycles. The van der Waals surface area contributed by atoms with E-state index in [4.69, 9.17) is 14.2 Å². The number of nitrogens with zero attached hydrogens (tertiary/aromatic N) is 1. The zero-order valence-electron chi connectivity index (χ0n) is 15.3. The maximum absolute atomic E-state index is 12.2. The number of ether oxygens (including phenoxy) is 3. The van der Waals surface area contributed by atoms with Crippen molar-refractivity contribution in [2.75, 3.05) is 27.9 Å². The van der Waals surface area contributed by atoms with Crippen LogP contribution in [0.15, 0.2) is 18.2 Å². The van der Waals surface area contributed by atoms with Gasteiger partial charge in [-0.2, -0.15) is 0 Å². The summed E-state index contributed by atoms with van der Waals surface area (Å²) in [6.07, 6.45) is 5.65. The number of carbonyl (C=O) groups excluding carboxylic acids is 2. The molecule has 0 radical (unpaired) electrons. The van der Waals surface area contributed by atoms with Crippen LogP contribution in [0.4, 0.5) is 0 Å². The number of methoxy groups -OCH3 is 3. The van der Waals surface area contributed by atoms with Crippen molar-refractivity contribution in [3.63, 3.8) is 0 Å². The molecule has 2 aliphatic rings. The Labute approximate surface area is 152 Å². The molecule has 1 aromatic carbocycles. The van der Waals surface area contributed by atoms with Crippen LogP contribution in [-0.2, 0) is 9.59 Å². The van der Waals surface area contributed by atoms with Crippen LogP contribution in [0.25, 0.3) is 6.08 Å². The molecule has 1 heterocycles. The summed E-state index contributed by atoms with van der Waals surface area (Å²) in [4.78, 5) is 26.0. The van der Waals surface area contributed by atoms with Crippen molar-refractivity contribution in [1.29, 1.82) is 0 Å². The Hall–Kier alpha value is -2.70. The normalized spacial score (nSPS) is 19.7. The van der Waals surface area contributed by atoms with Crippen molar-refractivity contribution in [3.05, 3.63) is 23.8 Å². The van der Waals surface area contributed by atoms with Gasteiger partial charge in [0.05, 0.1) is 27.4 Å². The fourth-order valence-corrected chi connectivity index (χ4v) is 3.19. The van der Waals surface area contributed by atoms with Gasteiger partial charge >= 0.3 is 0 Å². The summed E-state index contributed by atoms with van der Waals surface area (Å²) in [6.45, 7) is 0.604. The van der Waals surface area contributed by atoms with E-state index in [1.54, 1.807) is 32.4 Å². The monoisotopic (exact) mass is 360 g/mol. The molecule has 1 aliphatic heterocycles. The van der Waals surface area contributed by atoms with Crippen molar-refractivity contribution in [3.8, 4) is 17.2 Å². The number of hydrogen-bond donors (Lipinski definition) is 1. The van der Waals surface area contributed by atoms with Gasteiger partial charge in [0.15, 0.2) is 11.5 Å². The van der Waals surface area contributed by atoms with Gasteiger partial charge in [-0.05, 0) is 36.6 Å². The Balaban J connectivity index is 1.64. The molecule has 0 aromatic heterocycles. The quantitative estimate of drug-likeness (QED) is 0.748. The van der Waals surface area contributed by atoms with Gasteiger partial charge in [-0.3, -0.25) is 9.59 Å². The van der Waals surface area contributed by atoms with E-state index in [-0.39, 0.29) is 17.9 Å². The molecule has 1 aromatic rings. The summed E-state index contributed by atoms with van der Waals surface area (Å²) < 4.78 is 15.9. The molecule has 140 valence electrons. The number of likely N-dealkylation sites (tertiary alicyclic amines) is 1. The van der Waals surface area contributed by atoms with Crippen molar-refractivity contribution in [2.24, 2.45) is 0 Å². The van der Waals surface area contributed by atoms with E-state index < -0.39 is 0 Å². The largest absolute Gasteiger partial charge is 0.493 e. The van der Waals surface area contributed by atoms with Crippen LogP contribution >= 0.6 is 0 Å². The number of benzene rings is 1. The molecule has 0 spiro atoms. The van der Waals surface area contributed by atoms with E-state index in [0.29, 0.717) is 36.3 Å². The lowest BCUT2D eigenvalue weighted by molar-refractivity contribution is -0.128. The second kappa shape index (κ2) is 7.68. The van der Waals surface area contributed by atoms with Crippen molar-refractivity contribution in [2.45, 2.75) is 31.3 Å². The van der Waals surface area contributed by atoms with E-state index in [1.807, 2.05) is 4.90 Å². The third-order valence-corrected chi connectivity index (χ3v) is 4.61. The van der Waals surface area contributed by atoms with E-state index in [1.165, 1.54) is 13.2 Å². The number of carbonyl (C=O) groups is 2. The molecule has 1 atom stereocenters. The van der Waals surface area contributed by atoms with Gasteiger partial charge in [0.1, 0.15) is 0 Å². The third kappa shape index (κ3) is 3.92. The molecule has 7 heteroatoms. The zero-order valence-corrected chi connectivity index (χ0v) is 15.3. The first-order chi connectivity index (χ1) is 12.5. The summed E-state index contributed by atoms with van der Waals surface area (Å²) in [5.41, 5.74) is 0.747. The summed E-state index contributed by atoms with van der Waals surface area (Å²) in [7, 11) is 4.62. The zero-order chi connectivity index (χ0) is 18.7. The van der Waals surface area contributed by atoms with Crippen LogP contribution in [0.5, 0.6) is 17.2 Å². The first-order valence-electron chi connectivity index (χ1n) is 8.63. The molecule has 2 amide bonds. The molecule has 1 N–H and O–H groups in total. The summed E-state index contributed by atoms with van der Waals surface area (Å²) in [6, 6.07) is 3.79. The maximum Gasteiger partial charge on any atom is 0.244 e. The molecule has 1 unspecified atom stereocenters. The molecule has 0 bridgehead atoms. The van der Waals surface area contributed by atoms with Gasteiger partial charge in [0, 0.05) is 25.1 Å². The smallest absolute Gasteiger partial charge is 0.244 e. The third-order valence-electron chi connectivity index (χ3n) is 4.61. The maximum atomic E-state index is 12.2. The summed E-state index contributed by atoms with van der Waals surface area (Å²) >= 11 is 0. The van der Waals surface area contributed by atoms with E-state index >= 15 is 0 Å². The second-order valence-corrected chi connectivity index (χ2v) is 6.48. The predicted molar refractivity (Wildman–Crippen MR) is 96.4 cm³/mol. The highest BCUT2D eigenvalue weighted by Gasteiger charge is 2.39. The van der Waals surface area contributed by atoms with Crippen LogP contribution in [0, 0.1) is 0 Å². The van der Waals surface area contributed by atoms with Crippen LogP contribution in [-0.4, -0.2) is 56.7 Å². The Kier molecular flexibility index (Phi) is 5.35. The van der Waals surface area contributed by atoms with Crippen LogP contribution in [0.1, 0.15) is 24.8 Å². The minimum Gasteiger partial charge on any atom is -0.493 e. The van der Waals surface area contributed by atoms with Crippen molar-refractivity contribution in [1.82, 2.24) is 10.2 Å². The number of nitrogens with one attached hydrogen (secondary N) is 1. The SMILES string of the molecule is COc1cc(C=CC(=O)NC2CC(=O)N(C3CC3)C2)cc(OC)c1OC. The lowest BCUT2D eigenvalue weighted by Crippen LogP contribution is -2.36. The van der Waals surface area contributed by atoms with Crippen molar-refractivity contribution >= 4 is 17.9 Å². The van der Waals surface area contributed by atoms with Gasteiger partial charge in [-0.1, -0.05) is 0 Å². The standard InChI is InChI=1S/C19H24N2O5/c1-24-15-8-12(9-16(25-2)19(15)26-3)4-7-17(22)20-13-10-18(23)21(11-13)14-5-6-14/h4,7-9,13-14H,5-6,10-11H2,1-3H3,(H,20,22). The van der Waals surface area contributed by atoms with Crippen LogP contribution < -0.4 is 19.5 Å². The summed E-state index contributed by atoms with van der Waals surface area (Å²) in [5.74, 6) is 1.45. The molecule has 2 fully saturated rings. The van der Waals surface area contributed by atoms with Crippen LogP contribution in [0.2, 0.25) is 0 Å². The van der Waals surface area contributed by atoms with Crippen LogP contribution in [0.3, 0.4) is 0 Å². The highest BCUT2D eigenvalue weighted by Crippen LogP contribution is 2.38. The lowest BCUT2D eigenvalue weighted by atomic mass is 10.1. The van der Waals surface area contributed by atoms with Gasteiger partial charge in [-0.25, -0.2) is 0 Å². The fraction of sp³-hybridized carbons (Fsp3) is 0.474. The Morgan fingerprint density at radius 2 is 1.81 bits per heavy atom. The fourth-order valence-electron chi connectivity index (χ4n) is 3.19. The predicted octanol–water partition coefficient (Wildman–Crippen LogP) is 1.61. The highest BCUT2D eigenvalue weighted by atomic mass is 16.5. The molecular weight excluding hydrogens is 336 g/mol. The minimum atomic E-state index is -0.228. The van der Waals surface area contributed by atoms with E-state index in [2.05, 4.69) is 5.32 Å². The number of hydrogen-bond acceptors (Lipinski definition) is 5. The Morgan fingerprint density at radius 3 is 2.35 bits per heavy atom. The molecule has 1 saturated carbocycles. The minimum absolute atomic E-state index is 0.125. The Morgan fingerprint density at radius 1 is 1.15 bits per heavy atom. The van der Waals surface area contributed by atoms with Crippen molar-refractivity contribution < 1.29 is 23.8 Å². The van der Waals surface area contributed by atoms with Gasteiger partial charge < -0.3 is 24.4 Å². The van der Waals surface area contributed by atoms with Gasteiger partial charge in [0.25, 0.3) is 0 Å². The highest BCUT2D eigenvalue weighted by molar-refractivity contribution is 5.93.